The second-order valence-corrected chi connectivity index (χ2v) is 7.44. The van der Waals surface area contributed by atoms with Crippen molar-refractivity contribution in [3.8, 4) is 23.0 Å². The fourth-order valence-corrected chi connectivity index (χ4v) is 4.15. The number of methoxy groups -OCH3 is 4. The first-order valence-electron chi connectivity index (χ1n) is 9.69. The molecule has 1 heterocycles. The average molecular weight is 447 g/mol. The van der Waals surface area contributed by atoms with E-state index < -0.39 is 5.91 Å². The van der Waals surface area contributed by atoms with Crippen molar-refractivity contribution in [3.63, 3.8) is 0 Å². The highest BCUT2D eigenvalue weighted by Crippen LogP contribution is 2.33. The Balaban J connectivity index is 2.14. The van der Waals surface area contributed by atoms with Crippen molar-refractivity contribution in [2.45, 2.75) is 13.5 Å². The average Bonchev–Trinajstić information content (AvgIpc) is 3.13. The lowest BCUT2D eigenvalue weighted by atomic mass is 10.2. The molecule has 3 rings (SSSR count). The molecule has 8 nitrogen and oxygen atoms in total. The smallest absolute Gasteiger partial charge is 0.279 e. The number of thiazole rings is 1. The van der Waals surface area contributed by atoms with E-state index in [0.717, 1.165) is 10.2 Å². The van der Waals surface area contributed by atoms with Gasteiger partial charge in [0.25, 0.3) is 5.91 Å². The van der Waals surface area contributed by atoms with Gasteiger partial charge in [-0.15, -0.1) is 0 Å². The molecule has 2 aromatic carbocycles. The summed E-state index contributed by atoms with van der Waals surface area (Å²) < 4.78 is 29.8. The predicted octanol–water partition coefficient (Wildman–Crippen LogP) is 3.51. The van der Waals surface area contributed by atoms with Gasteiger partial charge in [0.15, 0.2) is 16.3 Å². The van der Waals surface area contributed by atoms with Crippen LogP contribution in [0, 0.1) is 0 Å². The molecule has 0 saturated heterocycles. The minimum atomic E-state index is -0.396. The summed E-state index contributed by atoms with van der Waals surface area (Å²) in [6.07, 6.45) is 0. The zero-order chi connectivity index (χ0) is 22.4. The van der Waals surface area contributed by atoms with E-state index in [2.05, 4.69) is 4.99 Å². The molecule has 0 aliphatic heterocycles. The molecule has 0 aliphatic carbocycles. The number of ether oxygens (including phenoxy) is 5. The molecule has 0 bridgehead atoms. The van der Waals surface area contributed by atoms with E-state index in [1.807, 2.05) is 23.6 Å². The normalized spacial score (nSPS) is 11.6. The van der Waals surface area contributed by atoms with Crippen LogP contribution in [0.3, 0.4) is 0 Å². The highest BCUT2D eigenvalue weighted by Gasteiger charge is 2.15. The van der Waals surface area contributed by atoms with Crippen molar-refractivity contribution in [2.24, 2.45) is 4.99 Å². The number of aromatic nitrogens is 1. The first kappa shape index (κ1) is 22.6. The molecule has 9 heteroatoms. The van der Waals surface area contributed by atoms with Crippen LogP contribution in [-0.4, -0.2) is 52.1 Å². The summed E-state index contributed by atoms with van der Waals surface area (Å²) in [4.78, 5) is 17.9. The molecule has 0 N–H and O–H groups in total. The van der Waals surface area contributed by atoms with E-state index in [0.29, 0.717) is 53.1 Å². The first-order valence-corrected chi connectivity index (χ1v) is 10.5. The molecule has 1 amide bonds. The van der Waals surface area contributed by atoms with Gasteiger partial charge in [-0.2, -0.15) is 4.99 Å². The second-order valence-electron chi connectivity index (χ2n) is 6.43. The van der Waals surface area contributed by atoms with Crippen molar-refractivity contribution < 1.29 is 28.5 Å². The van der Waals surface area contributed by atoms with Crippen LogP contribution in [0.2, 0.25) is 0 Å². The fourth-order valence-electron chi connectivity index (χ4n) is 3.08. The van der Waals surface area contributed by atoms with Crippen molar-refractivity contribution >= 4 is 27.5 Å². The number of hydrogen-bond donors (Lipinski definition) is 0. The molecular weight excluding hydrogens is 420 g/mol. The Hall–Kier alpha value is -3.04. The number of rotatable bonds is 9. The number of benzene rings is 2. The number of amides is 1. The lowest BCUT2D eigenvalue weighted by Gasteiger charge is -2.09. The molecule has 0 spiro atoms. The van der Waals surface area contributed by atoms with Crippen LogP contribution in [-0.2, 0) is 11.3 Å². The highest BCUT2D eigenvalue weighted by atomic mass is 32.1. The Bertz CT molecular complexity index is 1110. The Morgan fingerprint density at radius 3 is 2.16 bits per heavy atom. The molecule has 0 saturated carbocycles. The standard InChI is InChI=1S/C22H26N2O6S/c1-6-30-8-7-24-17-12-18(28-4)19(29-5)13-20(17)31-22(24)23-21(25)14-9-15(26-2)11-16(10-14)27-3/h9-13H,6-8H2,1-5H3. The zero-order valence-electron chi connectivity index (χ0n) is 18.3. The number of carbonyl (C=O) groups excluding carboxylic acids is 1. The Kier molecular flexibility index (Phi) is 7.54. The van der Waals surface area contributed by atoms with Crippen molar-refractivity contribution in [1.29, 1.82) is 0 Å². The summed E-state index contributed by atoms with van der Waals surface area (Å²) in [5.41, 5.74) is 1.26. The third kappa shape index (κ3) is 5.00. The molecule has 166 valence electrons. The van der Waals surface area contributed by atoms with Crippen molar-refractivity contribution in [3.05, 3.63) is 40.7 Å². The van der Waals surface area contributed by atoms with Gasteiger partial charge < -0.3 is 28.3 Å². The summed E-state index contributed by atoms with van der Waals surface area (Å²) >= 11 is 1.40. The molecule has 1 aromatic heterocycles. The van der Waals surface area contributed by atoms with Gasteiger partial charge in [-0.25, -0.2) is 0 Å². The van der Waals surface area contributed by atoms with Gasteiger partial charge >= 0.3 is 0 Å². The van der Waals surface area contributed by atoms with Gasteiger partial charge in [0, 0.05) is 36.9 Å². The van der Waals surface area contributed by atoms with Crippen molar-refractivity contribution in [1.82, 2.24) is 4.57 Å². The van der Waals surface area contributed by atoms with Crippen LogP contribution in [0.4, 0.5) is 0 Å². The maximum atomic E-state index is 13.0. The van der Waals surface area contributed by atoms with Gasteiger partial charge in [-0.1, -0.05) is 11.3 Å². The highest BCUT2D eigenvalue weighted by molar-refractivity contribution is 7.16. The lowest BCUT2D eigenvalue weighted by Crippen LogP contribution is -2.19. The van der Waals surface area contributed by atoms with E-state index in [-0.39, 0.29) is 0 Å². The molecule has 0 aliphatic rings. The first-order chi connectivity index (χ1) is 15.0. The van der Waals surface area contributed by atoms with E-state index in [9.17, 15) is 4.79 Å². The van der Waals surface area contributed by atoms with E-state index in [1.54, 1.807) is 32.4 Å². The Labute approximate surface area is 184 Å². The van der Waals surface area contributed by atoms with E-state index >= 15 is 0 Å². The van der Waals surface area contributed by atoms with Gasteiger partial charge in [0.05, 0.1) is 45.3 Å². The summed E-state index contributed by atoms with van der Waals surface area (Å²) in [5.74, 6) is 1.87. The van der Waals surface area contributed by atoms with Crippen LogP contribution < -0.4 is 23.7 Å². The van der Waals surface area contributed by atoms with E-state index in [1.165, 1.54) is 25.6 Å². The molecule has 31 heavy (non-hydrogen) atoms. The molecule has 0 atom stereocenters. The van der Waals surface area contributed by atoms with Crippen LogP contribution in [0.5, 0.6) is 23.0 Å². The molecule has 0 unspecified atom stereocenters. The summed E-state index contributed by atoms with van der Waals surface area (Å²) in [7, 11) is 6.25. The number of carbonyl (C=O) groups is 1. The second kappa shape index (κ2) is 10.3. The topological polar surface area (TPSA) is 80.5 Å². The maximum Gasteiger partial charge on any atom is 0.279 e. The molecule has 3 aromatic rings. The quantitative estimate of drug-likeness (QED) is 0.468. The Morgan fingerprint density at radius 1 is 0.935 bits per heavy atom. The minimum absolute atomic E-state index is 0.375. The zero-order valence-corrected chi connectivity index (χ0v) is 19.1. The molecule has 0 fully saturated rings. The van der Waals surface area contributed by atoms with Crippen LogP contribution >= 0.6 is 11.3 Å². The third-order valence-corrected chi connectivity index (χ3v) is 5.69. The third-order valence-electron chi connectivity index (χ3n) is 4.65. The van der Waals surface area contributed by atoms with Crippen LogP contribution in [0.15, 0.2) is 35.3 Å². The minimum Gasteiger partial charge on any atom is -0.497 e. The van der Waals surface area contributed by atoms with E-state index in [4.69, 9.17) is 23.7 Å². The number of fused-ring (bicyclic) bond motifs is 1. The number of hydrogen-bond acceptors (Lipinski definition) is 7. The fraction of sp³-hybridized carbons (Fsp3) is 0.364. The van der Waals surface area contributed by atoms with Crippen molar-refractivity contribution in [2.75, 3.05) is 41.7 Å². The predicted molar refractivity (Wildman–Crippen MR) is 119 cm³/mol. The number of nitrogens with zero attached hydrogens (tertiary/aromatic N) is 2. The maximum absolute atomic E-state index is 13.0. The molecule has 0 radical (unpaired) electrons. The largest absolute Gasteiger partial charge is 0.497 e. The van der Waals surface area contributed by atoms with Gasteiger partial charge in [0.2, 0.25) is 0 Å². The summed E-state index contributed by atoms with van der Waals surface area (Å²) in [6, 6.07) is 8.75. The Morgan fingerprint density at radius 2 is 1.58 bits per heavy atom. The SMILES string of the molecule is CCOCCn1c(=NC(=O)c2cc(OC)cc(OC)c2)sc2cc(OC)c(OC)cc21. The van der Waals surface area contributed by atoms with Gasteiger partial charge in [-0.3, -0.25) is 4.79 Å². The summed E-state index contributed by atoms with van der Waals surface area (Å²) in [6.45, 7) is 3.58. The lowest BCUT2D eigenvalue weighted by molar-refractivity contribution is 0.0996. The monoisotopic (exact) mass is 446 g/mol. The summed E-state index contributed by atoms with van der Waals surface area (Å²) in [5, 5.41) is 0. The van der Waals surface area contributed by atoms with Crippen LogP contribution in [0.25, 0.3) is 10.2 Å². The molecular formula is C22H26N2O6S. The van der Waals surface area contributed by atoms with Gasteiger partial charge in [-0.05, 0) is 19.1 Å². The van der Waals surface area contributed by atoms with Gasteiger partial charge in [0.1, 0.15) is 11.5 Å². The van der Waals surface area contributed by atoms with Crippen LogP contribution in [0.1, 0.15) is 17.3 Å².